The molecule has 0 radical (unpaired) electrons. The smallest absolute Gasteiger partial charge is 0.282 e. The number of ketones is 1. The Morgan fingerprint density at radius 3 is 2.55 bits per heavy atom. The third kappa shape index (κ3) is 1.30. The van der Waals surface area contributed by atoms with Crippen molar-refractivity contribution in [3.63, 3.8) is 0 Å². The number of imide groups is 1. The second-order valence-electron chi connectivity index (χ2n) is 1.69. The number of carbonyl (C=O) groups excluding carboxylic acids is 3. The SMILES string of the molecule is CSN1C(=O)N=CC(=O)C1=O. The van der Waals surface area contributed by atoms with Crippen LogP contribution in [0.1, 0.15) is 0 Å². The Morgan fingerprint density at radius 1 is 1.45 bits per heavy atom. The maximum Gasteiger partial charge on any atom is 0.361 e. The largest absolute Gasteiger partial charge is 0.361 e. The molecule has 0 unspecified atom stereocenters. The van der Waals surface area contributed by atoms with Gasteiger partial charge in [-0.2, -0.15) is 9.30 Å². The van der Waals surface area contributed by atoms with Crippen molar-refractivity contribution >= 4 is 35.9 Å². The summed E-state index contributed by atoms with van der Waals surface area (Å²) in [5, 5.41) is 0. The highest BCUT2D eigenvalue weighted by Gasteiger charge is 2.29. The molecular formula is C5H4N2O3S. The Hall–Kier alpha value is -1.17. The van der Waals surface area contributed by atoms with Crippen molar-refractivity contribution in [2.45, 2.75) is 0 Å². The van der Waals surface area contributed by atoms with E-state index in [9.17, 15) is 14.4 Å². The first-order valence-corrected chi connectivity index (χ1v) is 3.85. The Balaban J connectivity index is 2.96. The lowest BCUT2D eigenvalue weighted by Crippen LogP contribution is -2.38. The lowest BCUT2D eigenvalue weighted by Gasteiger charge is -2.14. The van der Waals surface area contributed by atoms with Gasteiger partial charge in [0.05, 0.1) is 6.21 Å². The van der Waals surface area contributed by atoms with Crippen LogP contribution in [0, 0.1) is 0 Å². The van der Waals surface area contributed by atoms with E-state index in [4.69, 9.17) is 0 Å². The molecule has 0 aromatic carbocycles. The molecule has 6 heteroatoms. The van der Waals surface area contributed by atoms with E-state index in [1.165, 1.54) is 6.26 Å². The molecule has 11 heavy (non-hydrogen) atoms. The standard InChI is InChI=1S/C5H4N2O3S/c1-11-7-4(9)3(8)2-6-5(7)10/h2H,1H3. The zero-order valence-corrected chi connectivity index (χ0v) is 6.42. The number of hydrogen-bond donors (Lipinski definition) is 0. The lowest BCUT2D eigenvalue weighted by molar-refractivity contribution is -0.136. The van der Waals surface area contributed by atoms with Crippen LogP contribution in [-0.4, -0.2) is 34.5 Å². The monoisotopic (exact) mass is 172 g/mol. The van der Waals surface area contributed by atoms with Crippen LogP contribution in [0.15, 0.2) is 4.99 Å². The molecule has 0 aliphatic carbocycles. The Bertz CT molecular complexity index is 260. The first kappa shape index (κ1) is 7.93. The van der Waals surface area contributed by atoms with Crippen molar-refractivity contribution in [2.24, 2.45) is 4.99 Å². The van der Waals surface area contributed by atoms with E-state index in [-0.39, 0.29) is 0 Å². The van der Waals surface area contributed by atoms with Crippen molar-refractivity contribution in [3.8, 4) is 0 Å². The molecule has 3 amide bonds. The van der Waals surface area contributed by atoms with Crippen LogP contribution in [0.4, 0.5) is 4.79 Å². The predicted molar refractivity (Wildman–Crippen MR) is 39.3 cm³/mol. The fraction of sp³-hybridized carbons (Fsp3) is 0.200. The molecule has 0 spiro atoms. The summed E-state index contributed by atoms with van der Waals surface area (Å²) in [7, 11) is 0. The van der Waals surface area contributed by atoms with Gasteiger partial charge in [0.15, 0.2) is 0 Å². The molecule has 5 nitrogen and oxygen atoms in total. The molecule has 0 fully saturated rings. The quantitative estimate of drug-likeness (QED) is 0.408. The zero-order valence-electron chi connectivity index (χ0n) is 5.60. The van der Waals surface area contributed by atoms with Crippen LogP contribution in [0.25, 0.3) is 0 Å². The van der Waals surface area contributed by atoms with Crippen LogP contribution < -0.4 is 0 Å². The van der Waals surface area contributed by atoms with Crippen molar-refractivity contribution < 1.29 is 14.4 Å². The number of aliphatic imine (C=N–C) groups is 1. The Morgan fingerprint density at radius 2 is 2.09 bits per heavy atom. The average Bonchev–Trinajstić information content (AvgIpc) is 1.99. The summed E-state index contributed by atoms with van der Waals surface area (Å²) >= 11 is 0.865. The molecular weight excluding hydrogens is 168 g/mol. The van der Waals surface area contributed by atoms with Gasteiger partial charge in [-0.25, -0.2) is 4.79 Å². The summed E-state index contributed by atoms with van der Waals surface area (Å²) in [4.78, 5) is 35.3. The topological polar surface area (TPSA) is 66.8 Å². The van der Waals surface area contributed by atoms with E-state index in [0.717, 1.165) is 18.2 Å². The highest BCUT2D eigenvalue weighted by atomic mass is 32.2. The minimum absolute atomic E-state index is 0.706. The van der Waals surface area contributed by atoms with E-state index < -0.39 is 17.7 Å². The fourth-order valence-corrected chi connectivity index (χ4v) is 1.03. The first-order chi connectivity index (χ1) is 5.16. The highest BCUT2D eigenvalue weighted by molar-refractivity contribution is 7.97. The van der Waals surface area contributed by atoms with E-state index in [2.05, 4.69) is 4.99 Å². The molecule has 0 saturated heterocycles. The van der Waals surface area contributed by atoms with Gasteiger partial charge in [-0.15, -0.1) is 0 Å². The van der Waals surface area contributed by atoms with Gasteiger partial charge in [0.2, 0.25) is 0 Å². The molecule has 0 saturated carbocycles. The van der Waals surface area contributed by atoms with Crippen molar-refractivity contribution in [1.29, 1.82) is 0 Å². The number of nitrogens with zero attached hydrogens (tertiary/aromatic N) is 2. The molecule has 0 aromatic rings. The van der Waals surface area contributed by atoms with Crippen molar-refractivity contribution in [1.82, 2.24) is 4.31 Å². The van der Waals surface area contributed by atoms with Crippen LogP contribution in [0.2, 0.25) is 0 Å². The second kappa shape index (κ2) is 2.83. The van der Waals surface area contributed by atoms with E-state index in [1.54, 1.807) is 0 Å². The Labute approximate surface area is 66.6 Å². The van der Waals surface area contributed by atoms with Crippen LogP contribution in [0.5, 0.6) is 0 Å². The number of urea groups is 1. The van der Waals surface area contributed by atoms with Gasteiger partial charge in [-0.3, -0.25) is 9.59 Å². The first-order valence-electron chi connectivity index (χ1n) is 2.67. The van der Waals surface area contributed by atoms with Crippen molar-refractivity contribution in [3.05, 3.63) is 0 Å². The molecule has 1 aliphatic heterocycles. The molecule has 1 aliphatic rings. The molecule has 1 rings (SSSR count). The van der Waals surface area contributed by atoms with Crippen molar-refractivity contribution in [2.75, 3.05) is 6.26 Å². The van der Waals surface area contributed by atoms with Gasteiger partial charge in [0.25, 0.3) is 5.78 Å². The molecule has 0 N–H and O–H groups in total. The second-order valence-corrected chi connectivity index (χ2v) is 2.42. The summed E-state index contributed by atoms with van der Waals surface area (Å²) in [5.74, 6) is -1.60. The van der Waals surface area contributed by atoms with Gasteiger partial charge in [0, 0.05) is 6.26 Å². The van der Waals surface area contributed by atoms with Crippen LogP contribution >= 0.6 is 11.9 Å². The normalized spacial score (nSPS) is 17.9. The number of carbonyl (C=O) groups is 3. The molecule has 0 bridgehead atoms. The predicted octanol–water partition coefficient (Wildman–Crippen LogP) is -0.133. The van der Waals surface area contributed by atoms with E-state index in [1.807, 2.05) is 0 Å². The summed E-state index contributed by atoms with van der Waals surface area (Å²) in [6.07, 6.45) is 2.25. The molecule has 58 valence electrons. The van der Waals surface area contributed by atoms with Gasteiger partial charge in [0.1, 0.15) is 0 Å². The van der Waals surface area contributed by atoms with E-state index >= 15 is 0 Å². The summed E-state index contributed by atoms with van der Waals surface area (Å²) in [6.45, 7) is 0. The number of amides is 3. The average molecular weight is 172 g/mol. The third-order valence-electron chi connectivity index (χ3n) is 1.04. The highest BCUT2D eigenvalue weighted by Crippen LogP contribution is 2.10. The summed E-state index contributed by atoms with van der Waals surface area (Å²) in [6, 6.07) is -0.706. The minimum Gasteiger partial charge on any atom is -0.282 e. The van der Waals surface area contributed by atoms with Gasteiger partial charge in [-0.05, 0) is 11.9 Å². The zero-order chi connectivity index (χ0) is 8.43. The fourth-order valence-electron chi connectivity index (χ4n) is 0.569. The Kier molecular flexibility index (Phi) is 2.04. The van der Waals surface area contributed by atoms with Crippen LogP contribution in [-0.2, 0) is 9.59 Å². The number of hydrogen-bond acceptors (Lipinski definition) is 4. The van der Waals surface area contributed by atoms with E-state index in [0.29, 0.717) is 4.31 Å². The summed E-state index contributed by atoms with van der Waals surface area (Å²) in [5.41, 5.74) is 0. The number of Topliss-reactive ketones (excluding diaryl/α,β-unsaturated/α-hetero) is 1. The van der Waals surface area contributed by atoms with Crippen LogP contribution in [0.3, 0.4) is 0 Å². The lowest BCUT2D eigenvalue weighted by atomic mass is 10.4. The van der Waals surface area contributed by atoms with Gasteiger partial charge >= 0.3 is 11.9 Å². The minimum atomic E-state index is -0.836. The molecule has 0 aromatic heterocycles. The maximum atomic E-state index is 10.8. The van der Waals surface area contributed by atoms with Gasteiger partial charge in [-0.1, -0.05) is 0 Å². The number of rotatable bonds is 1. The third-order valence-corrected chi connectivity index (χ3v) is 1.73. The molecule has 0 atom stereocenters. The van der Waals surface area contributed by atoms with Gasteiger partial charge < -0.3 is 0 Å². The molecule has 1 heterocycles. The summed E-state index contributed by atoms with van der Waals surface area (Å²) < 4.78 is 0.711. The maximum absolute atomic E-state index is 10.8.